The number of hydrogen-bond donors (Lipinski definition) is 1. The zero-order valence-electron chi connectivity index (χ0n) is 10.3. The number of rotatable bonds is 7. The molecule has 0 spiro atoms. The molecule has 0 aromatic carbocycles. The van der Waals surface area contributed by atoms with Crippen molar-refractivity contribution in [2.75, 3.05) is 6.54 Å². The summed E-state index contributed by atoms with van der Waals surface area (Å²) in [5.41, 5.74) is 1.35. The van der Waals surface area contributed by atoms with Gasteiger partial charge in [0.2, 0.25) is 0 Å². The van der Waals surface area contributed by atoms with Gasteiger partial charge in [-0.3, -0.25) is 4.68 Å². The van der Waals surface area contributed by atoms with Crippen LogP contribution >= 0.6 is 0 Å². The molecule has 0 aliphatic carbocycles. The third-order valence-electron chi connectivity index (χ3n) is 2.71. The SMILES string of the molecule is CCCNCc1ccn(CCn2cccn2)c1. The number of nitrogens with zero attached hydrogens (tertiary/aromatic N) is 3. The molecule has 2 aromatic heterocycles. The molecule has 0 fully saturated rings. The Labute approximate surface area is 102 Å². The van der Waals surface area contributed by atoms with Crippen molar-refractivity contribution in [3.63, 3.8) is 0 Å². The third kappa shape index (κ3) is 3.75. The molecule has 4 heteroatoms. The van der Waals surface area contributed by atoms with E-state index in [9.17, 15) is 0 Å². The molecular weight excluding hydrogens is 212 g/mol. The summed E-state index contributed by atoms with van der Waals surface area (Å²) in [5.74, 6) is 0. The summed E-state index contributed by atoms with van der Waals surface area (Å²) >= 11 is 0. The van der Waals surface area contributed by atoms with E-state index in [1.54, 1.807) is 0 Å². The highest BCUT2D eigenvalue weighted by atomic mass is 15.3. The first-order chi connectivity index (χ1) is 8.38. The molecule has 0 aliphatic heterocycles. The average molecular weight is 232 g/mol. The number of nitrogens with one attached hydrogen (secondary N) is 1. The Hall–Kier alpha value is -1.55. The lowest BCUT2D eigenvalue weighted by atomic mass is 10.3. The van der Waals surface area contributed by atoms with Crippen LogP contribution in [0.3, 0.4) is 0 Å². The molecular formula is C13H20N4. The Kier molecular flexibility index (Phi) is 4.38. The van der Waals surface area contributed by atoms with E-state index in [1.807, 2.05) is 23.1 Å². The van der Waals surface area contributed by atoms with Crippen molar-refractivity contribution >= 4 is 0 Å². The predicted molar refractivity (Wildman–Crippen MR) is 68.7 cm³/mol. The van der Waals surface area contributed by atoms with Gasteiger partial charge in [0.1, 0.15) is 0 Å². The molecule has 0 saturated carbocycles. The topological polar surface area (TPSA) is 34.8 Å². The van der Waals surface area contributed by atoms with Crippen molar-refractivity contribution in [2.24, 2.45) is 0 Å². The molecule has 0 unspecified atom stereocenters. The Morgan fingerprint density at radius 3 is 3.00 bits per heavy atom. The average Bonchev–Trinajstić information content (AvgIpc) is 2.98. The molecule has 0 aliphatic rings. The quantitative estimate of drug-likeness (QED) is 0.740. The van der Waals surface area contributed by atoms with Crippen LogP contribution in [0, 0.1) is 0 Å². The molecule has 2 aromatic rings. The minimum Gasteiger partial charge on any atom is -0.352 e. The van der Waals surface area contributed by atoms with Crippen molar-refractivity contribution in [2.45, 2.75) is 33.0 Å². The molecule has 0 saturated heterocycles. The van der Waals surface area contributed by atoms with Gasteiger partial charge in [-0.1, -0.05) is 6.92 Å². The molecule has 1 N–H and O–H groups in total. The standard InChI is InChI=1S/C13H20N4/c1-2-5-14-11-13-4-8-16(12-13)9-10-17-7-3-6-15-17/h3-4,6-8,12,14H,2,5,9-11H2,1H3. The second-order valence-corrected chi connectivity index (χ2v) is 4.20. The molecule has 4 nitrogen and oxygen atoms in total. The molecule has 2 heterocycles. The first-order valence-electron chi connectivity index (χ1n) is 6.21. The van der Waals surface area contributed by atoms with Crippen LogP contribution in [0.4, 0.5) is 0 Å². The summed E-state index contributed by atoms with van der Waals surface area (Å²) in [5, 5.41) is 7.59. The second kappa shape index (κ2) is 6.25. The zero-order valence-corrected chi connectivity index (χ0v) is 10.3. The summed E-state index contributed by atoms with van der Waals surface area (Å²) < 4.78 is 4.17. The van der Waals surface area contributed by atoms with E-state index in [4.69, 9.17) is 0 Å². The van der Waals surface area contributed by atoms with Crippen LogP contribution in [0.1, 0.15) is 18.9 Å². The zero-order chi connectivity index (χ0) is 11.9. The fraction of sp³-hybridized carbons (Fsp3) is 0.462. The number of hydrogen-bond acceptors (Lipinski definition) is 2. The Bertz CT molecular complexity index is 416. The lowest BCUT2D eigenvalue weighted by molar-refractivity contribution is 0.534. The maximum atomic E-state index is 4.19. The van der Waals surface area contributed by atoms with Crippen LogP contribution in [-0.2, 0) is 19.6 Å². The van der Waals surface area contributed by atoms with Crippen molar-refractivity contribution in [3.8, 4) is 0 Å². The first kappa shape index (κ1) is 11.9. The van der Waals surface area contributed by atoms with Gasteiger partial charge in [-0.05, 0) is 30.7 Å². The summed E-state index contributed by atoms with van der Waals surface area (Å²) in [6.07, 6.45) is 9.32. The Morgan fingerprint density at radius 1 is 1.29 bits per heavy atom. The van der Waals surface area contributed by atoms with Gasteiger partial charge in [0.25, 0.3) is 0 Å². The number of aryl methyl sites for hydroxylation is 2. The van der Waals surface area contributed by atoms with Gasteiger partial charge in [-0.25, -0.2) is 0 Å². The van der Waals surface area contributed by atoms with Crippen molar-refractivity contribution < 1.29 is 0 Å². The monoisotopic (exact) mass is 232 g/mol. The summed E-state index contributed by atoms with van der Waals surface area (Å²) in [6.45, 7) is 6.11. The minimum atomic E-state index is 0.920. The van der Waals surface area contributed by atoms with Crippen LogP contribution in [0.25, 0.3) is 0 Å². The normalized spacial score (nSPS) is 10.9. The van der Waals surface area contributed by atoms with Gasteiger partial charge in [0, 0.05) is 37.9 Å². The molecule has 2 rings (SSSR count). The molecule has 0 atom stereocenters. The highest BCUT2D eigenvalue weighted by Crippen LogP contribution is 2.01. The second-order valence-electron chi connectivity index (χ2n) is 4.20. The van der Waals surface area contributed by atoms with Gasteiger partial charge in [0.05, 0.1) is 6.54 Å². The van der Waals surface area contributed by atoms with Crippen LogP contribution in [-0.4, -0.2) is 20.9 Å². The fourth-order valence-electron chi connectivity index (χ4n) is 1.79. The summed E-state index contributed by atoms with van der Waals surface area (Å²) in [7, 11) is 0. The van der Waals surface area contributed by atoms with Crippen molar-refractivity contribution in [3.05, 3.63) is 42.5 Å². The van der Waals surface area contributed by atoms with Crippen LogP contribution in [0.15, 0.2) is 36.9 Å². The van der Waals surface area contributed by atoms with E-state index >= 15 is 0 Å². The van der Waals surface area contributed by atoms with E-state index in [2.05, 4.69) is 40.4 Å². The van der Waals surface area contributed by atoms with Gasteiger partial charge in [0.15, 0.2) is 0 Å². The lowest BCUT2D eigenvalue weighted by Gasteiger charge is -2.03. The lowest BCUT2D eigenvalue weighted by Crippen LogP contribution is -2.13. The highest BCUT2D eigenvalue weighted by Gasteiger charge is 1.97. The highest BCUT2D eigenvalue weighted by molar-refractivity contribution is 5.09. The van der Waals surface area contributed by atoms with Crippen molar-refractivity contribution in [1.82, 2.24) is 19.7 Å². The van der Waals surface area contributed by atoms with E-state index in [1.165, 1.54) is 12.0 Å². The Morgan fingerprint density at radius 2 is 2.24 bits per heavy atom. The van der Waals surface area contributed by atoms with Crippen LogP contribution < -0.4 is 5.32 Å². The van der Waals surface area contributed by atoms with E-state index in [-0.39, 0.29) is 0 Å². The molecule has 17 heavy (non-hydrogen) atoms. The third-order valence-corrected chi connectivity index (χ3v) is 2.71. The fourth-order valence-corrected chi connectivity index (χ4v) is 1.79. The maximum Gasteiger partial charge on any atom is 0.0588 e. The van der Waals surface area contributed by atoms with E-state index in [0.717, 1.165) is 26.2 Å². The summed E-state index contributed by atoms with van der Waals surface area (Å²) in [6, 6.07) is 4.13. The largest absolute Gasteiger partial charge is 0.352 e. The van der Waals surface area contributed by atoms with Crippen LogP contribution in [0.5, 0.6) is 0 Å². The van der Waals surface area contributed by atoms with Gasteiger partial charge >= 0.3 is 0 Å². The molecule has 0 radical (unpaired) electrons. The van der Waals surface area contributed by atoms with Crippen molar-refractivity contribution in [1.29, 1.82) is 0 Å². The van der Waals surface area contributed by atoms with E-state index in [0.29, 0.717) is 0 Å². The molecule has 92 valence electrons. The smallest absolute Gasteiger partial charge is 0.0588 e. The first-order valence-corrected chi connectivity index (χ1v) is 6.21. The Balaban J connectivity index is 1.77. The van der Waals surface area contributed by atoms with E-state index < -0.39 is 0 Å². The summed E-state index contributed by atoms with van der Waals surface area (Å²) in [4.78, 5) is 0. The van der Waals surface area contributed by atoms with Gasteiger partial charge in [-0.2, -0.15) is 5.10 Å². The predicted octanol–water partition coefficient (Wildman–Crippen LogP) is 1.88. The molecule has 0 bridgehead atoms. The maximum absolute atomic E-state index is 4.19. The minimum absolute atomic E-state index is 0.920. The van der Waals surface area contributed by atoms with Crippen LogP contribution in [0.2, 0.25) is 0 Å². The number of aromatic nitrogens is 3. The van der Waals surface area contributed by atoms with Gasteiger partial charge < -0.3 is 9.88 Å². The van der Waals surface area contributed by atoms with Gasteiger partial charge in [-0.15, -0.1) is 0 Å². The molecule has 0 amide bonds.